The SMILES string of the molecule is C=CCOc1ccc(CNC(C)(C)CC(C)(C)C)cc1OCC. The van der Waals surface area contributed by atoms with Crippen molar-refractivity contribution in [3.05, 3.63) is 36.4 Å². The molecule has 23 heavy (non-hydrogen) atoms. The summed E-state index contributed by atoms with van der Waals surface area (Å²) in [4.78, 5) is 0. The quantitative estimate of drug-likeness (QED) is 0.653. The maximum atomic E-state index is 5.70. The van der Waals surface area contributed by atoms with Gasteiger partial charge in [0, 0.05) is 12.1 Å². The lowest BCUT2D eigenvalue weighted by Gasteiger charge is -2.33. The van der Waals surface area contributed by atoms with E-state index in [1.165, 1.54) is 5.56 Å². The topological polar surface area (TPSA) is 30.5 Å². The van der Waals surface area contributed by atoms with Gasteiger partial charge in [-0.25, -0.2) is 0 Å². The molecule has 130 valence electrons. The average Bonchev–Trinajstić information content (AvgIpc) is 2.42. The first kappa shape index (κ1) is 19.6. The minimum Gasteiger partial charge on any atom is -0.490 e. The van der Waals surface area contributed by atoms with Gasteiger partial charge in [-0.1, -0.05) is 39.5 Å². The first-order chi connectivity index (χ1) is 10.7. The Labute approximate surface area is 142 Å². The van der Waals surface area contributed by atoms with E-state index in [-0.39, 0.29) is 5.54 Å². The highest BCUT2D eigenvalue weighted by Gasteiger charge is 2.24. The summed E-state index contributed by atoms with van der Waals surface area (Å²) in [6, 6.07) is 6.12. The van der Waals surface area contributed by atoms with Gasteiger partial charge in [-0.3, -0.25) is 0 Å². The molecule has 0 atom stereocenters. The lowest BCUT2D eigenvalue weighted by Crippen LogP contribution is -2.41. The minimum absolute atomic E-state index is 0.0854. The Bertz CT molecular complexity index is 501. The second-order valence-electron chi connectivity index (χ2n) is 7.79. The van der Waals surface area contributed by atoms with Crippen LogP contribution in [-0.4, -0.2) is 18.8 Å². The molecule has 3 nitrogen and oxygen atoms in total. The standard InChI is InChI=1S/C20H33NO2/c1-8-12-23-17-11-10-16(13-18(17)22-9-2)14-21-20(6,7)15-19(3,4)5/h8,10-11,13,21H,1,9,12,14-15H2,2-7H3. The molecule has 1 aromatic carbocycles. The highest BCUT2D eigenvalue weighted by atomic mass is 16.5. The van der Waals surface area contributed by atoms with E-state index in [1.807, 2.05) is 13.0 Å². The van der Waals surface area contributed by atoms with Crippen LogP contribution in [0.25, 0.3) is 0 Å². The molecule has 0 aliphatic rings. The van der Waals surface area contributed by atoms with Crippen molar-refractivity contribution in [1.29, 1.82) is 0 Å². The molecule has 0 saturated heterocycles. The van der Waals surface area contributed by atoms with E-state index in [4.69, 9.17) is 9.47 Å². The van der Waals surface area contributed by atoms with Gasteiger partial charge in [-0.15, -0.1) is 0 Å². The van der Waals surface area contributed by atoms with E-state index in [1.54, 1.807) is 6.08 Å². The molecule has 0 aliphatic heterocycles. The van der Waals surface area contributed by atoms with Gasteiger partial charge >= 0.3 is 0 Å². The third kappa shape index (κ3) is 7.56. The van der Waals surface area contributed by atoms with Gasteiger partial charge in [0.2, 0.25) is 0 Å². The van der Waals surface area contributed by atoms with Crippen molar-refractivity contribution < 1.29 is 9.47 Å². The molecule has 0 bridgehead atoms. The number of hydrogen-bond acceptors (Lipinski definition) is 3. The summed E-state index contributed by atoms with van der Waals surface area (Å²) in [6.45, 7) is 18.9. The highest BCUT2D eigenvalue weighted by molar-refractivity contribution is 5.43. The Balaban J connectivity index is 2.77. The molecule has 0 amide bonds. The molecular formula is C20H33NO2. The van der Waals surface area contributed by atoms with Gasteiger partial charge in [-0.05, 0) is 50.3 Å². The average molecular weight is 319 g/mol. The predicted molar refractivity (Wildman–Crippen MR) is 98.3 cm³/mol. The van der Waals surface area contributed by atoms with Crippen molar-refractivity contribution in [3.63, 3.8) is 0 Å². The smallest absolute Gasteiger partial charge is 0.161 e. The Kier molecular flexibility index (Phi) is 7.14. The molecule has 1 rings (SSSR count). The van der Waals surface area contributed by atoms with Gasteiger partial charge in [0.15, 0.2) is 11.5 Å². The fraction of sp³-hybridized carbons (Fsp3) is 0.600. The minimum atomic E-state index is 0.0854. The van der Waals surface area contributed by atoms with E-state index in [0.29, 0.717) is 18.6 Å². The van der Waals surface area contributed by atoms with E-state index in [9.17, 15) is 0 Å². The van der Waals surface area contributed by atoms with Crippen LogP contribution < -0.4 is 14.8 Å². The van der Waals surface area contributed by atoms with Crippen molar-refractivity contribution in [2.24, 2.45) is 5.41 Å². The Morgan fingerprint density at radius 2 is 1.78 bits per heavy atom. The zero-order valence-electron chi connectivity index (χ0n) is 15.7. The summed E-state index contributed by atoms with van der Waals surface area (Å²) in [5.74, 6) is 1.56. The van der Waals surface area contributed by atoms with E-state index in [2.05, 4.69) is 58.6 Å². The van der Waals surface area contributed by atoms with Crippen molar-refractivity contribution in [1.82, 2.24) is 5.32 Å². The molecule has 0 saturated carbocycles. The van der Waals surface area contributed by atoms with Crippen molar-refractivity contribution >= 4 is 0 Å². The maximum Gasteiger partial charge on any atom is 0.161 e. The van der Waals surface area contributed by atoms with Crippen LogP contribution in [0, 0.1) is 5.41 Å². The third-order valence-corrected chi connectivity index (χ3v) is 3.41. The van der Waals surface area contributed by atoms with Crippen LogP contribution in [0.4, 0.5) is 0 Å². The number of hydrogen-bond donors (Lipinski definition) is 1. The first-order valence-electron chi connectivity index (χ1n) is 8.41. The number of benzene rings is 1. The maximum absolute atomic E-state index is 5.70. The van der Waals surface area contributed by atoms with E-state index >= 15 is 0 Å². The van der Waals surface area contributed by atoms with Crippen LogP contribution in [0.1, 0.15) is 53.5 Å². The fourth-order valence-electron chi connectivity index (χ4n) is 2.93. The molecule has 0 fully saturated rings. The summed E-state index contributed by atoms with van der Waals surface area (Å²) in [6.07, 6.45) is 2.85. The highest BCUT2D eigenvalue weighted by Crippen LogP contribution is 2.30. The molecule has 1 N–H and O–H groups in total. The van der Waals surface area contributed by atoms with Crippen LogP contribution in [0.5, 0.6) is 11.5 Å². The van der Waals surface area contributed by atoms with Crippen LogP contribution in [0.3, 0.4) is 0 Å². The normalized spacial score (nSPS) is 12.1. The number of ether oxygens (including phenoxy) is 2. The van der Waals surface area contributed by atoms with Gasteiger partial charge in [0.1, 0.15) is 6.61 Å². The number of nitrogens with one attached hydrogen (secondary N) is 1. The molecule has 1 aromatic rings. The Morgan fingerprint density at radius 1 is 1.09 bits per heavy atom. The summed E-state index contributed by atoms with van der Waals surface area (Å²) in [7, 11) is 0. The summed E-state index contributed by atoms with van der Waals surface area (Å²) in [5, 5.41) is 3.65. The lowest BCUT2D eigenvalue weighted by atomic mass is 9.82. The molecular weight excluding hydrogens is 286 g/mol. The summed E-state index contributed by atoms with van der Waals surface area (Å²) < 4.78 is 11.3. The van der Waals surface area contributed by atoms with Crippen LogP contribution >= 0.6 is 0 Å². The van der Waals surface area contributed by atoms with Gasteiger partial charge in [0.25, 0.3) is 0 Å². The molecule has 0 spiro atoms. The second kappa shape index (κ2) is 8.39. The molecule has 0 heterocycles. The first-order valence-corrected chi connectivity index (χ1v) is 8.41. The van der Waals surface area contributed by atoms with Gasteiger partial charge in [0.05, 0.1) is 6.61 Å². The number of rotatable bonds is 9. The van der Waals surface area contributed by atoms with Gasteiger partial charge in [-0.2, -0.15) is 0 Å². The van der Waals surface area contributed by atoms with Crippen molar-refractivity contribution in [2.45, 2.75) is 60.0 Å². The predicted octanol–water partition coefficient (Wildman–Crippen LogP) is 4.95. The van der Waals surface area contributed by atoms with Crippen molar-refractivity contribution in [2.75, 3.05) is 13.2 Å². The zero-order valence-corrected chi connectivity index (χ0v) is 15.7. The zero-order chi connectivity index (χ0) is 17.5. The fourth-order valence-corrected chi connectivity index (χ4v) is 2.93. The monoisotopic (exact) mass is 319 g/mol. The Morgan fingerprint density at radius 3 is 2.35 bits per heavy atom. The molecule has 0 unspecified atom stereocenters. The third-order valence-electron chi connectivity index (χ3n) is 3.41. The lowest BCUT2D eigenvalue weighted by molar-refractivity contribution is 0.240. The van der Waals surface area contributed by atoms with Crippen LogP contribution in [0.2, 0.25) is 0 Å². The van der Waals surface area contributed by atoms with E-state index in [0.717, 1.165) is 24.5 Å². The van der Waals surface area contributed by atoms with Crippen molar-refractivity contribution in [3.8, 4) is 11.5 Å². The molecule has 3 heteroatoms. The molecule has 0 aromatic heterocycles. The molecule has 0 radical (unpaired) electrons. The summed E-state index contributed by atoms with van der Waals surface area (Å²) >= 11 is 0. The Hall–Kier alpha value is -1.48. The molecule has 0 aliphatic carbocycles. The van der Waals surface area contributed by atoms with Gasteiger partial charge < -0.3 is 14.8 Å². The second-order valence-corrected chi connectivity index (χ2v) is 7.79. The van der Waals surface area contributed by atoms with E-state index < -0.39 is 0 Å². The van der Waals surface area contributed by atoms with Crippen LogP contribution in [0.15, 0.2) is 30.9 Å². The summed E-state index contributed by atoms with van der Waals surface area (Å²) in [5.41, 5.74) is 1.58. The largest absolute Gasteiger partial charge is 0.490 e. The van der Waals surface area contributed by atoms with Crippen LogP contribution in [-0.2, 0) is 6.54 Å².